The zero-order valence-electron chi connectivity index (χ0n) is 29.8. The maximum atomic E-state index is 13.0. The standard InChI is InChI=1S/C16H13FN2OS.C9H6FNS.C9H5FNS.C7H7NO.2CH4.Li/c1-16(20,12-6-8-18-9-7-12)14-10-19-15(21-14)11-2-4-13(17)5-3-11;2*10-8-3-1-7(2-4-8)9-11-5-6-12-9;1-6(9)7-2-4-8-5-3-7;;;/h2-10,20H,1H3;1-6H;1-5H;2-5H,1H3;2*1H4;/q;;-1;;;;+1. The van der Waals surface area contributed by atoms with E-state index in [2.05, 4.69) is 30.3 Å². The molecule has 5 aromatic heterocycles. The molecule has 5 heterocycles. The molecule has 7 nitrogen and oxygen atoms in total. The molecule has 0 saturated carbocycles. The van der Waals surface area contributed by atoms with Crippen LogP contribution in [0.5, 0.6) is 0 Å². The Morgan fingerprint density at radius 1 is 0.649 bits per heavy atom. The number of carbonyl (C=O) groups is 1. The van der Waals surface area contributed by atoms with Crippen LogP contribution in [0.25, 0.3) is 31.7 Å². The van der Waals surface area contributed by atoms with Gasteiger partial charge in [-0.1, -0.05) is 38.7 Å². The van der Waals surface area contributed by atoms with Crippen LogP contribution >= 0.6 is 34.0 Å². The van der Waals surface area contributed by atoms with Gasteiger partial charge in [0.25, 0.3) is 0 Å². The first-order valence-corrected chi connectivity index (χ1v) is 18.6. The molecule has 8 rings (SSSR count). The van der Waals surface area contributed by atoms with E-state index < -0.39 is 5.60 Å². The Bertz CT molecular complexity index is 2220. The smallest absolute Gasteiger partial charge is 0.380 e. The number of carbonyl (C=O) groups excluding carboxylic acids is 1. The summed E-state index contributed by atoms with van der Waals surface area (Å²) < 4.78 is 38.0. The van der Waals surface area contributed by atoms with Gasteiger partial charge in [0.1, 0.15) is 33.1 Å². The van der Waals surface area contributed by atoms with Crippen LogP contribution in [0.1, 0.15) is 49.5 Å². The average Bonchev–Trinajstić information content (AvgIpc) is 4.02. The summed E-state index contributed by atoms with van der Waals surface area (Å²) in [4.78, 5) is 31.6. The van der Waals surface area contributed by atoms with Crippen molar-refractivity contribution in [3.8, 4) is 31.7 Å². The van der Waals surface area contributed by atoms with E-state index in [4.69, 9.17) is 0 Å². The summed E-state index contributed by atoms with van der Waals surface area (Å²) in [6.45, 7) is 3.26. The van der Waals surface area contributed by atoms with E-state index in [0.717, 1.165) is 42.2 Å². The molecule has 288 valence electrons. The molecule has 0 bridgehead atoms. The Labute approximate surface area is 355 Å². The number of halogens is 3. The van der Waals surface area contributed by atoms with Crippen LogP contribution in [0.15, 0.2) is 146 Å². The van der Waals surface area contributed by atoms with Gasteiger partial charge in [-0.15, -0.1) is 22.7 Å². The van der Waals surface area contributed by atoms with Crippen LogP contribution in [0.2, 0.25) is 0 Å². The number of Topliss-reactive ketones (excluding diaryl/α,β-unsaturated/α-hetero) is 1. The van der Waals surface area contributed by atoms with Crippen LogP contribution in [0, 0.1) is 22.8 Å². The van der Waals surface area contributed by atoms with E-state index in [0.29, 0.717) is 5.56 Å². The van der Waals surface area contributed by atoms with Crippen LogP contribution in [0.3, 0.4) is 0 Å². The average molecular weight is 818 g/mol. The minimum atomic E-state index is -1.13. The second-order valence-electron chi connectivity index (χ2n) is 11.3. The molecule has 0 aliphatic heterocycles. The molecule has 0 fully saturated rings. The van der Waals surface area contributed by atoms with Crippen molar-refractivity contribution < 1.29 is 41.9 Å². The van der Waals surface area contributed by atoms with Crippen LogP contribution in [-0.4, -0.2) is 35.8 Å². The maximum absolute atomic E-state index is 13.0. The van der Waals surface area contributed by atoms with Crippen molar-refractivity contribution in [2.24, 2.45) is 0 Å². The zero-order valence-corrected chi connectivity index (χ0v) is 32.3. The van der Waals surface area contributed by atoms with Crippen molar-refractivity contribution in [3.05, 3.63) is 185 Å². The summed E-state index contributed by atoms with van der Waals surface area (Å²) in [5.74, 6) is -0.633. The molecule has 1 atom stereocenters. The van der Waals surface area contributed by atoms with Gasteiger partial charge in [0, 0.05) is 59.3 Å². The summed E-state index contributed by atoms with van der Waals surface area (Å²) >= 11 is 4.36. The first kappa shape index (κ1) is 48.0. The van der Waals surface area contributed by atoms with E-state index in [-0.39, 0.29) is 56.9 Å². The summed E-state index contributed by atoms with van der Waals surface area (Å²) in [6.07, 6.45) is 11.5. The third-order valence-electron chi connectivity index (χ3n) is 7.41. The molecule has 0 radical (unpaired) electrons. The molecule has 0 saturated heterocycles. The van der Waals surface area contributed by atoms with Crippen molar-refractivity contribution in [3.63, 3.8) is 0 Å². The number of benzene rings is 3. The van der Waals surface area contributed by atoms with Gasteiger partial charge >= 0.3 is 18.9 Å². The fourth-order valence-corrected chi connectivity index (χ4v) is 6.72. The van der Waals surface area contributed by atoms with E-state index in [1.165, 1.54) is 66.0 Å². The molecule has 3 aromatic carbocycles. The molecule has 57 heavy (non-hydrogen) atoms. The Balaban J connectivity index is 0.000000271. The minimum Gasteiger partial charge on any atom is -0.380 e. The van der Waals surface area contributed by atoms with Crippen LogP contribution < -0.4 is 18.9 Å². The summed E-state index contributed by atoms with van der Waals surface area (Å²) in [6, 6.07) is 25.7. The first-order valence-electron chi connectivity index (χ1n) is 16.1. The number of thiazole rings is 3. The third kappa shape index (κ3) is 14.4. The molecule has 1 unspecified atom stereocenters. The molecular weight excluding hydrogens is 779 g/mol. The van der Waals surface area contributed by atoms with Crippen molar-refractivity contribution >= 4 is 39.8 Å². The number of aliphatic hydroxyl groups is 1. The number of nitrogens with zero attached hydrogens (tertiary/aromatic N) is 5. The molecule has 0 aliphatic carbocycles. The second kappa shape index (κ2) is 23.8. The summed E-state index contributed by atoms with van der Waals surface area (Å²) in [5.41, 5.74) is 3.07. The van der Waals surface area contributed by atoms with Crippen molar-refractivity contribution in [2.45, 2.75) is 34.3 Å². The molecule has 8 aromatic rings. The fraction of sp³-hybridized carbons (Fsp3) is 0.116. The van der Waals surface area contributed by atoms with E-state index in [9.17, 15) is 23.1 Å². The number of ketones is 1. The Morgan fingerprint density at radius 2 is 1.12 bits per heavy atom. The number of hydrogen-bond donors (Lipinski definition) is 1. The predicted octanol–water partition coefficient (Wildman–Crippen LogP) is 8.86. The van der Waals surface area contributed by atoms with Gasteiger partial charge in [0.05, 0.1) is 4.88 Å². The number of aromatic nitrogens is 5. The maximum Gasteiger partial charge on any atom is 1.00 e. The second-order valence-corrected chi connectivity index (χ2v) is 14.0. The molecule has 1 N–H and O–H groups in total. The normalized spacial score (nSPS) is 10.8. The Hall–Kier alpha value is -5.13. The van der Waals surface area contributed by atoms with Crippen molar-refractivity contribution in [1.82, 2.24) is 24.9 Å². The predicted molar refractivity (Wildman–Crippen MR) is 222 cm³/mol. The SMILES string of the molecule is C.C.CC(=O)c1ccncc1.CC(O)(c1ccncc1)c1cnc(-c2ccc(F)cc2)s1.Fc1ccc(-c2nc[c-]s2)cc1.Fc1ccc(-c2nccs2)cc1.[Li+]. The van der Waals surface area contributed by atoms with Gasteiger partial charge in [0.15, 0.2) is 5.78 Å². The van der Waals surface area contributed by atoms with Crippen LogP contribution in [-0.2, 0) is 5.60 Å². The largest absolute Gasteiger partial charge is 1.00 e. The first-order chi connectivity index (χ1) is 26.1. The third-order valence-corrected chi connectivity index (χ3v) is 10.2. The Morgan fingerprint density at radius 3 is 1.54 bits per heavy atom. The van der Waals surface area contributed by atoms with Gasteiger partial charge in [-0.3, -0.25) is 14.8 Å². The van der Waals surface area contributed by atoms with Gasteiger partial charge in [-0.2, -0.15) is 5.38 Å². The van der Waals surface area contributed by atoms with Gasteiger partial charge in [-0.05, 0) is 109 Å². The molecule has 0 amide bonds. The van der Waals surface area contributed by atoms with Gasteiger partial charge < -0.3 is 21.4 Å². The van der Waals surface area contributed by atoms with Gasteiger partial charge in [0.2, 0.25) is 0 Å². The number of pyridine rings is 2. The van der Waals surface area contributed by atoms with Gasteiger partial charge in [-0.25, -0.2) is 23.1 Å². The van der Waals surface area contributed by atoms with E-state index in [1.54, 1.807) is 122 Å². The molecule has 0 spiro atoms. The monoisotopic (exact) mass is 817 g/mol. The number of rotatable bonds is 6. The Kier molecular flexibility index (Phi) is 20.1. The van der Waals surface area contributed by atoms with Crippen molar-refractivity contribution in [1.29, 1.82) is 0 Å². The fourth-order valence-electron chi connectivity index (χ4n) is 4.51. The zero-order chi connectivity index (χ0) is 38.3. The molecule has 14 heteroatoms. The molecule has 0 aliphatic rings. The summed E-state index contributed by atoms with van der Waals surface area (Å²) in [5, 5.41) is 18.1. The van der Waals surface area contributed by atoms with E-state index >= 15 is 0 Å². The van der Waals surface area contributed by atoms with E-state index in [1.807, 2.05) is 5.38 Å². The minimum absolute atomic E-state index is 0. The summed E-state index contributed by atoms with van der Waals surface area (Å²) in [7, 11) is 0. The van der Waals surface area contributed by atoms with Crippen molar-refractivity contribution in [2.75, 3.05) is 0 Å². The quantitative estimate of drug-likeness (QED) is 0.102. The van der Waals surface area contributed by atoms with Crippen LogP contribution in [0.4, 0.5) is 13.2 Å². The topological polar surface area (TPSA) is 102 Å². The number of hydrogen-bond acceptors (Lipinski definition) is 10. The molecular formula is C43H39F3LiN5O2S3.